The molecule has 2 aliphatic rings. The lowest BCUT2D eigenvalue weighted by atomic mass is 10.1. The molecule has 1 heterocycles. The van der Waals surface area contributed by atoms with Crippen LogP contribution in [0.5, 0.6) is 0 Å². The van der Waals surface area contributed by atoms with Gasteiger partial charge in [0.05, 0.1) is 0 Å². The molecule has 2 N–H and O–H groups in total. The van der Waals surface area contributed by atoms with Crippen LogP contribution in [0.1, 0.15) is 32.6 Å². The second-order valence-electron chi connectivity index (χ2n) is 4.52. The largest absolute Gasteiger partial charge is 0.326 e. The number of nitrogens with zero attached hydrogens (tertiary/aromatic N) is 1. The zero-order valence-corrected chi connectivity index (χ0v) is 8.00. The first kappa shape index (κ1) is 8.52. The molecule has 1 saturated carbocycles. The average molecular weight is 168 g/mol. The number of likely N-dealkylation sites (tertiary alicyclic amines) is 1. The van der Waals surface area contributed by atoms with Crippen molar-refractivity contribution in [2.75, 3.05) is 13.1 Å². The molecule has 1 aliphatic carbocycles. The minimum Gasteiger partial charge on any atom is -0.326 e. The molecule has 1 saturated heterocycles. The Morgan fingerprint density at radius 2 is 2.08 bits per heavy atom. The van der Waals surface area contributed by atoms with Crippen LogP contribution in [0.15, 0.2) is 0 Å². The Kier molecular flexibility index (Phi) is 2.37. The smallest absolute Gasteiger partial charge is 0.0180 e. The fourth-order valence-electron chi connectivity index (χ4n) is 2.78. The van der Waals surface area contributed by atoms with Crippen LogP contribution in [-0.4, -0.2) is 30.1 Å². The van der Waals surface area contributed by atoms with Gasteiger partial charge in [-0.3, -0.25) is 4.90 Å². The number of rotatable bonds is 1. The fraction of sp³-hybridized carbons (Fsp3) is 1.00. The van der Waals surface area contributed by atoms with E-state index >= 15 is 0 Å². The SMILES string of the molecule is CC1CCCC1N1CCC(N)C1. The molecule has 2 rings (SSSR count). The second kappa shape index (κ2) is 3.35. The minimum atomic E-state index is 0.456. The van der Waals surface area contributed by atoms with Gasteiger partial charge in [-0.15, -0.1) is 0 Å². The van der Waals surface area contributed by atoms with Gasteiger partial charge in [0.2, 0.25) is 0 Å². The summed E-state index contributed by atoms with van der Waals surface area (Å²) in [5.41, 5.74) is 5.90. The van der Waals surface area contributed by atoms with E-state index in [-0.39, 0.29) is 0 Å². The quantitative estimate of drug-likeness (QED) is 0.637. The average Bonchev–Trinajstić information content (AvgIpc) is 2.58. The van der Waals surface area contributed by atoms with Crippen molar-refractivity contribution in [1.82, 2.24) is 4.90 Å². The summed E-state index contributed by atoms with van der Waals surface area (Å²) >= 11 is 0. The fourth-order valence-corrected chi connectivity index (χ4v) is 2.78. The van der Waals surface area contributed by atoms with Gasteiger partial charge < -0.3 is 5.73 Å². The predicted octanol–water partition coefficient (Wildman–Crippen LogP) is 1.21. The van der Waals surface area contributed by atoms with Crippen LogP contribution in [0.3, 0.4) is 0 Å². The third-order valence-electron chi connectivity index (χ3n) is 3.54. The van der Waals surface area contributed by atoms with Crippen molar-refractivity contribution in [3.8, 4) is 0 Å². The molecule has 0 amide bonds. The zero-order chi connectivity index (χ0) is 8.55. The van der Waals surface area contributed by atoms with E-state index in [1.807, 2.05) is 0 Å². The molecule has 2 fully saturated rings. The summed E-state index contributed by atoms with van der Waals surface area (Å²) in [5, 5.41) is 0. The molecule has 1 aliphatic heterocycles. The first-order valence-corrected chi connectivity index (χ1v) is 5.27. The van der Waals surface area contributed by atoms with Crippen molar-refractivity contribution in [3.63, 3.8) is 0 Å². The van der Waals surface area contributed by atoms with Gasteiger partial charge in [-0.25, -0.2) is 0 Å². The lowest BCUT2D eigenvalue weighted by molar-refractivity contribution is 0.203. The molecule has 0 aromatic carbocycles. The van der Waals surface area contributed by atoms with Crippen molar-refractivity contribution >= 4 is 0 Å². The van der Waals surface area contributed by atoms with Crippen LogP contribution in [0, 0.1) is 5.92 Å². The van der Waals surface area contributed by atoms with Crippen LogP contribution >= 0.6 is 0 Å². The first-order chi connectivity index (χ1) is 5.77. The molecule has 0 aromatic heterocycles. The van der Waals surface area contributed by atoms with Crippen molar-refractivity contribution in [2.24, 2.45) is 11.7 Å². The highest BCUT2D eigenvalue weighted by atomic mass is 15.2. The van der Waals surface area contributed by atoms with E-state index < -0.39 is 0 Å². The van der Waals surface area contributed by atoms with Crippen LogP contribution in [0.25, 0.3) is 0 Å². The Morgan fingerprint density at radius 3 is 2.58 bits per heavy atom. The van der Waals surface area contributed by atoms with Gasteiger partial charge in [-0.1, -0.05) is 13.3 Å². The van der Waals surface area contributed by atoms with Gasteiger partial charge in [0.1, 0.15) is 0 Å². The molecule has 0 aromatic rings. The molecular weight excluding hydrogens is 148 g/mol. The monoisotopic (exact) mass is 168 g/mol. The van der Waals surface area contributed by atoms with E-state index in [2.05, 4.69) is 11.8 Å². The van der Waals surface area contributed by atoms with E-state index in [1.165, 1.54) is 32.2 Å². The van der Waals surface area contributed by atoms with Gasteiger partial charge in [-0.05, 0) is 25.2 Å². The Bertz CT molecular complexity index is 158. The third-order valence-corrected chi connectivity index (χ3v) is 3.54. The van der Waals surface area contributed by atoms with Crippen molar-refractivity contribution in [1.29, 1.82) is 0 Å². The highest BCUT2D eigenvalue weighted by Gasteiger charge is 2.32. The summed E-state index contributed by atoms with van der Waals surface area (Å²) in [7, 11) is 0. The first-order valence-electron chi connectivity index (χ1n) is 5.27. The summed E-state index contributed by atoms with van der Waals surface area (Å²) in [6.07, 6.45) is 5.48. The molecule has 3 unspecified atom stereocenters. The molecule has 2 nitrogen and oxygen atoms in total. The second-order valence-corrected chi connectivity index (χ2v) is 4.52. The maximum atomic E-state index is 5.90. The summed E-state index contributed by atoms with van der Waals surface area (Å²) < 4.78 is 0. The highest BCUT2D eigenvalue weighted by molar-refractivity contribution is 4.88. The Balaban J connectivity index is 1.91. The Hall–Kier alpha value is -0.0800. The predicted molar refractivity (Wildman–Crippen MR) is 51.0 cm³/mol. The van der Waals surface area contributed by atoms with Crippen LogP contribution in [0.2, 0.25) is 0 Å². The lowest BCUT2D eigenvalue weighted by Crippen LogP contribution is -2.37. The van der Waals surface area contributed by atoms with E-state index in [0.29, 0.717) is 6.04 Å². The standard InChI is InChI=1S/C10H20N2/c1-8-3-2-4-10(8)12-6-5-9(11)7-12/h8-10H,2-7,11H2,1H3. The molecule has 12 heavy (non-hydrogen) atoms. The van der Waals surface area contributed by atoms with Gasteiger partial charge in [0, 0.05) is 25.2 Å². The maximum absolute atomic E-state index is 5.90. The van der Waals surface area contributed by atoms with Gasteiger partial charge >= 0.3 is 0 Å². The number of nitrogens with two attached hydrogens (primary N) is 1. The number of hydrogen-bond acceptors (Lipinski definition) is 2. The third kappa shape index (κ3) is 1.50. The molecule has 0 radical (unpaired) electrons. The Labute approximate surface area is 75.1 Å². The summed E-state index contributed by atoms with van der Waals surface area (Å²) in [5.74, 6) is 0.912. The van der Waals surface area contributed by atoms with Crippen LogP contribution in [0.4, 0.5) is 0 Å². The summed E-state index contributed by atoms with van der Waals surface area (Å²) in [6, 6.07) is 1.32. The topological polar surface area (TPSA) is 29.3 Å². The minimum absolute atomic E-state index is 0.456. The van der Waals surface area contributed by atoms with Crippen LogP contribution < -0.4 is 5.73 Å². The van der Waals surface area contributed by atoms with Gasteiger partial charge in [0.25, 0.3) is 0 Å². The zero-order valence-electron chi connectivity index (χ0n) is 8.00. The highest BCUT2D eigenvalue weighted by Crippen LogP contribution is 2.31. The van der Waals surface area contributed by atoms with E-state index in [0.717, 1.165) is 18.5 Å². The molecule has 2 heteroatoms. The van der Waals surface area contributed by atoms with E-state index in [1.54, 1.807) is 0 Å². The molecule has 3 atom stereocenters. The molecule has 0 bridgehead atoms. The normalized spacial score (nSPS) is 44.0. The van der Waals surface area contributed by atoms with Crippen molar-refractivity contribution < 1.29 is 0 Å². The Morgan fingerprint density at radius 1 is 1.25 bits per heavy atom. The maximum Gasteiger partial charge on any atom is 0.0180 e. The summed E-state index contributed by atoms with van der Waals surface area (Å²) in [4.78, 5) is 2.61. The van der Waals surface area contributed by atoms with Gasteiger partial charge in [-0.2, -0.15) is 0 Å². The van der Waals surface area contributed by atoms with Crippen LogP contribution in [-0.2, 0) is 0 Å². The molecular formula is C10H20N2. The van der Waals surface area contributed by atoms with E-state index in [9.17, 15) is 0 Å². The number of hydrogen-bond donors (Lipinski definition) is 1. The van der Waals surface area contributed by atoms with E-state index in [4.69, 9.17) is 5.73 Å². The van der Waals surface area contributed by atoms with Crippen molar-refractivity contribution in [3.05, 3.63) is 0 Å². The van der Waals surface area contributed by atoms with Crippen molar-refractivity contribution in [2.45, 2.75) is 44.7 Å². The molecule has 70 valence electrons. The molecule has 0 spiro atoms. The van der Waals surface area contributed by atoms with Gasteiger partial charge in [0.15, 0.2) is 0 Å². The lowest BCUT2D eigenvalue weighted by Gasteiger charge is -2.27. The summed E-state index contributed by atoms with van der Waals surface area (Å²) in [6.45, 7) is 4.78.